The Bertz CT molecular complexity index is 533. The van der Waals surface area contributed by atoms with Gasteiger partial charge in [0.15, 0.2) is 0 Å². The number of hydrogen-bond acceptors (Lipinski definition) is 3. The van der Waals surface area contributed by atoms with Gasteiger partial charge < -0.3 is 0 Å². The third kappa shape index (κ3) is 2.89. The van der Waals surface area contributed by atoms with Crippen LogP contribution in [0.3, 0.4) is 0 Å². The Morgan fingerprint density at radius 3 is 2.70 bits per heavy atom. The lowest BCUT2D eigenvalue weighted by Gasteiger charge is -2.18. The van der Waals surface area contributed by atoms with Gasteiger partial charge in [-0.05, 0) is 18.6 Å². The fourth-order valence-electron chi connectivity index (χ4n) is 2.36. The van der Waals surface area contributed by atoms with Gasteiger partial charge in [0.2, 0.25) is 5.91 Å². The van der Waals surface area contributed by atoms with E-state index in [-0.39, 0.29) is 24.3 Å². The van der Waals surface area contributed by atoms with Crippen molar-refractivity contribution in [3.05, 3.63) is 30.3 Å². The van der Waals surface area contributed by atoms with Gasteiger partial charge in [-0.25, -0.2) is 4.90 Å². The lowest BCUT2D eigenvalue weighted by Crippen LogP contribution is -2.43. The van der Waals surface area contributed by atoms with E-state index in [0.29, 0.717) is 5.69 Å². The number of hydrogen-bond donors (Lipinski definition) is 1. The van der Waals surface area contributed by atoms with E-state index >= 15 is 0 Å². The van der Waals surface area contributed by atoms with Gasteiger partial charge in [0.25, 0.3) is 5.91 Å². The third-order valence-corrected chi connectivity index (χ3v) is 3.34. The highest BCUT2D eigenvalue weighted by atomic mass is 16.2. The number of carbonyl (C=O) groups excluding carboxylic acids is 2. The minimum absolute atomic E-state index is 0.162. The van der Waals surface area contributed by atoms with Crippen LogP contribution in [-0.2, 0) is 9.59 Å². The Balaban J connectivity index is 2.11. The molecular weight excluding hydrogens is 252 g/mol. The maximum atomic E-state index is 12.3. The van der Waals surface area contributed by atoms with Crippen molar-refractivity contribution in [3.63, 3.8) is 0 Å². The lowest BCUT2D eigenvalue weighted by atomic mass is 10.1. The predicted molar refractivity (Wildman–Crippen MR) is 78.0 cm³/mol. The van der Waals surface area contributed by atoms with Crippen molar-refractivity contribution in [2.24, 2.45) is 0 Å². The summed E-state index contributed by atoms with van der Waals surface area (Å²) in [6, 6.07) is 8.27. The summed E-state index contributed by atoms with van der Waals surface area (Å²) in [5, 5.41) is 3.10. The van der Waals surface area contributed by atoms with Gasteiger partial charge in [0.1, 0.15) is 0 Å². The predicted octanol–water partition coefficient (Wildman–Crippen LogP) is 1.71. The first-order valence-electron chi connectivity index (χ1n) is 6.81. The van der Waals surface area contributed by atoms with Crippen molar-refractivity contribution in [1.29, 1.82) is 0 Å². The molecule has 2 unspecified atom stereocenters. The van der Waals surface area contributed by atoms with E-state index in [1.165, 1.54) is 4.90 Å². The number of rotatable bonds is 5. The Kier molecular flexibility index (Phi) is 4.54. The topological polar surface area (TPSA) is 49.4 Å². The molecular formula is C16H18N2O2. The van der Waals surface area contributed by atoms with E-state index in [0.717, 1.165) is 12.8 Å². The summed E-state index contributed by atoms with van der Waals surface area (Å²) in [5.74, 6) is 2.21. The molecule has 2 amide bonds. The van der Waals surface area contributed by atoms with E-state index in [1.54, 1.807) is 24.3 Å². The van der Waals surface area contributed by atoms with Crippen LogP contribution in [0.4, 0.5) is 5.69 Å². The van der Waals surface area contributed by atoms with Gasteiger partial charge in [-0.15, -0.1) is 6.42 Å². The summed E-state index contributed by atoms with van der Waals surface area (Å²) in [6.45, 7) is 2.03. The number of imide groups is 1. The number of carbonyl (C=O) groups is 2. The second-order valence-corrected chi connectivity index (χ2v) is 4.83. The monoisotopic (exact) mass is 270 g/mol. The molecule has 0 aliphatic carbocycles. The summed E-state index contributed by atoms with van der Waals surface area (Å²) in [7, 11) is 0. The molecule has 104 valence electrons. The molecule has 0 spiro atoms. The number of benzene rings is 1. The molecule has 20 heavy (non-hydrogen) atoms. The normalized spacial score (nSPS) is 20.0. The van der Waals surface area contributed by atoms with E-state index in [4.69, 9.17) is 6.42 Å². The molecule has 0 saturated carbocycles. The Hall–Kier alpha value is -2.12. The number of amides is 2. The Morgan fingerprint density at radius 2 is 2.10 bits per heavy atom. The first-order valence-corrected chi connectivity index (χ1v) is 6.81. The molecule has 1 aliphatic heterocycles. The van der Waals surface area contributed by atoms with Crippen LogP contribution in [0.25, 0.3) is 0 Å². The fraction of sp³-hybridized carbons (Fsp3) is 0.375. The molecule has 0 aromatic heterocycles. The van der Waals surface area contributed by atoms with Gasteiger partial charge in [0, 0.05) is 0 Å². The van der Waals surface area contributed by atoms with E-state index in [9.17, 15) is 9.59 Å². The van der Waals surface area contributed by atoms with Gasteiger partial charge in [0.05, 0.1) is 24.2 Å². The van der Waals surface area contributed by atoms with Crippen LogP contribution in [0.5, 0.6) is 0 Å². The first-order chi connectivity index (χ1) is 9.67. The molecule has 1 aliphatic rings. The van der Waals surface area contributed by atoms with Gasteiger partial charge in [-0.3, -0.25) is 14.9 Å². The van der Waals surface area contributed by atoms with E-state index < -0.39 is 6.04 Å². The van der Waals surface area contributed by atoms with Crippen molar-refractivity contribution < 1.29 is 9.59 Å². The van der Waals surface area contributed by atoms with Crippen LogP contribution < -0.4 is 10.2 Å². The van der Waals surface area contributed by atoms with Crippen LogP contribution >= 0.6 is 0 Å². The summed E-state index contributed by atoms with van der Waals surface area (Å²) in [5.41, 5.74) is 0.611. The SMILES string of the molecule is C#CC(CCC)NC1CC(=O)N(c2ccccc2)C1=O. The molecule has 1 aromatic carbocycles. The molecule has 4 heteroatoms. The number of terminal acetylenes is 1. The average molecular weight is 270 g/mol. The Morgan fingerprint density at radius 1 is 1.40 bits per heavy atom. The molecule has 1 N–H and O–H groups in total. The van der Waals surface area contributed by atoms with Crippen LogP contribution in [0.1, 0.15) is 26.2 Å². The maximum Gasteiger partial charge on any atom is 0.251 e. The van der Waals surface area contributed by atoms with Crippen LogP contribution in [0.2, 0.25) is 0 Å². The summed E-state index contributed by atoms with van der Waals surface area (Å²) < 4.78 is 0. The molecule has 0 bridgehead atoms. The van der Waals surface area contributed by atoms with Crippen LogP contribution in [0.15, 0.2) is 30.3 Å². The van der Waals surface area contributed by atoms with Gasteiger partial charge in [-0.2, -0.15) is 0 Å². The molecule has 2 rings (SSSR count). The zero-order valence-electron chi connectivity index (χ0n) is 11.5. The summed E-state index contributed by atoms with van der Waals surface area (Å²) >= 11 is 0. The van der Waals surface area contributed by atoms with Gasteiger partial charge >= 0.3 is 0 Å². The highest BCUT2D eigenvalue weighted by Crippen LogP contribution is 2.22. The lowest BCUT2D eigenvalue weighted by molar-refractivity contribution is -0.121. The molecule has 1 fully saturated rings. The third-order valence-electron chi connectivity index (χ3n) is 3.34. The fourth-order valence-corrected chi connectivity index (χ4v) is 2.36. The second kappa shape index (κ2) is 6.36. The Labute approximate surface area is 119 Å². The van der Waals surface area contributed by atoms with Crippen LogP contribution in [-0.4, -0.2) is 23.9 Å². The molecule has 1 aromatic rings. The smallest absolute Gasteiger partial charge is 0.251 e. The average Bonchev–Trinajstić information content (AvgIpc) is 2.74. The number of nitrogens with zero attached hydrogens (tertiary/aromatic N) is 1. The first kappa shape index (κ1) is 14.3. The summed E-state index contributed by atoms with van der Waals surface area (Å²) in [4.78, 5) is 25.6. The zero-order valence-corrected chi connectivity index (χ0v) is 11.5. The van der Waals surface area contributed by atoms with Crippen molar-refractivity contribution in [3.8, 4) is 12.3 Å². The van der Waals surface area contributed by atoms with Crippen molar-refractivity contribution >= 4 is 17.5 Å². The minimum atomic E-state index is -0.518. The number of nitrogens with one attached hydrogen (secondary N) is 1. The maximum absolute atomic E-state index is 12.3. The summed E-state index contributed by atoms with van der Waals surface area (Å²) in [6.07, 6.45) is 7.32. The second-order valence-electron chi connectivity index (χ2n) is 4.83. The number of anilines is 1. The zero-order chi connectivity index (χ0) is 14.5. The molecule has 4 nitrogen and oxygen atoms in total. The van der Waals surface area contributed by atoms with Crippen molar-refractivity contribution in [2.45, 2.75) is 38.3 Å². The molecule has 1 heterocycles. The van der Waals surface area contributed by atoms with E-state index in [2.05, 4.69) is 11.2 Å². The van der Waals surface area contributed by atoms with Crippen LogP contribution in [0, 0.1) is 12.3 Å². The van der Waals surface area contributed by atoms with Gasteiger partial charge in [-0.1, -0.05) is 37.5 Å². The molecule has 0 radical (unpaired) electrons. The van der Waals surface area contributed by atoms with Crippen molar-refractivity contribution in [1.82, 2.24) is 5.32 Å². The standard InChI is InChI=1S/C16H18N2O2/c1-3-8-12(4-2)17-14-11-15(19)18(16(14)20)13-9-6-5-7-10-13/h2,5-7,9-10,12,14,17H,3,8,11H2,1H3. The quantitative estimate of drug-likeness (QED) is 0.654. The van der Waals surface area contributed by atoms with Crippen molar-refractivity contribution in [2.75, 3.05) is 4.90 Å². The molecule has 2 atom stereocenters. The largest absolute Gasteiger partial charge is 0.292 e. The van der Waals surface area contributed by atoms with E-state index in [1.807, 2.05) is 13.0 Å². The highest BCUT2D eigenvalue weighted by molar-refractivity contribution is 6.22. The molecule has 1 saturated heterocycles. The number of para-hydroxylation sites is 1. The highest BCUT2D eigenvalue weighted by Gasteiger charge is 2.39. The minimum Gasteiger partial charge on any atom is -0.292 e.